The van der Waals surface area contributed by atoms with E-state index in [4.69, 9.17) is 10.5 Å². The topological polar surface area (TPSA) is 64.3 Å². The molecule has 20 heavy (non-hydrogen) atoms. The van der Waals surface area contributed by atoms with Gasteiger partial charge in [0.1, 0.15) is 12.4 Å². The standard InChI is InChI=1S/C13H17F3N2O2/c1-9-4-3-5-10(8-9)20-7-6-18-11(19)12(2,17)13(14,15)16/h3-5,8H,6-7,17H2,1-2H3,(H,18,19). The van der Waals surface area contributed by atoms with Crippen LogP contribution in [0.3, 0.4) is 0 Å². The van der Waals surface area contributed by atoms with Crippen molar-refractivity contribution in [2.24, 2.45) is 5.73 Å². The number of amides is 1. The predicted molar refractivity (Wildman–Crippen MR) is 68.3 cm³/mol. The van der Waals surface area contributed by atoms with Gasteiger partial charge in [-0.1, -0.05) is 12.1 Å². The van der Waals surface area contributed by atoms with Crippen molar-refractivity contribution < 1.29 is 22.7 Å². The summed E-state index contributed by atoms with van der Waals surface area (Å²) < 4.78 is 42.8. The van der Waals surface area contributed by atoms with Crippen molar-refractivity contribution >= 4 is 5.91 Å². The number of ether oxygens (including phenoxy) is 1. The highest BCUT2D eigenvalue weighted by atomic mass is 19.4. The van der Waals surface area contributed by atoms with E-state index >= 15 is 0 Å². The van der Waals surface area contributed by atoms with Gasteiger partial charge in [-0.2, -0.15) is 13.2 Å². The molecule has 1 rings (SSSR count). The second-order valence-corrected chi connectivity index (χ2v) is 4.62. The maximum atomic E-state index is 12.5. The van der Waals surface area contributed by atoms with Gasteiger partial charge in [-0.15, -0.1) is 0 Å². The van der Waals surface area contributed by atoms with Crippen LogP contribution in [0.25, 0.3) is 0 Å². The maximum absolute atomic E-state index is 12.5. The number of aryl methyl sites for hydroxylation is 1. The molecule has 112 valence electrons. The Morgan fingerprint density at radius 3 is 2.60 bits per heavy atom. The Morgan fingerprint density at radius 1 is 1.40 bits per heavy atom. The van der Waals surface area contributed by atoms with Crippen molar-refractivity contribution in [3.05, 3.63) is 29.8 Å². The average molecular weight is 290 g/mol. The van der Waals surface area contributed by atoms with Crippen LogP contribution in [-0.4, -0.2) is 30.8 Å². The molecule has 0 aromatic heterocycles. The lowest BCUT2D eigenvalue weighted by Crippen LogP contribution is -2.61. The molecule has 1 aromatic rings. The van der Waals surface area contributed by atoms with E-state index in [9.17, 15) is 18.0 Å². The predicted octanol–water partition coefficient (Wildman–Crippen LogP) is 1.77. The highest BCUT2D eigenvalue weighted by Crippen LogP contribution is 2.27. The van der Waals surface area contributed by atoms with Gasteiger partial charge in [-0.25, -0.2) is 0 Å². The molecule has 0 aliphatic heterocycles. The van der Waals surface area contributed by atoms with Crippen LogP contribution in [0.5, 0.6) is 5.75 Å². The molecule has 0 aliphatic rings. The minimum absolute atomic E-state index is 0.0587. The summed E-state index contributed by atoms with van der Waals surface area (Å²) in [4.78, 5) is 11.4. The first-order chi connectivity index (χ1) is 9.14. The van der Waals surface area contributed by atoms with Crippen molar-refractivity contribution in [1.82, 2.24) is 5.32 Å². The van der Waals surface area contributed by atoms with E-state index in [1.165, 1.54) is 0 Å². The summed E-state index contributed by atoms with van der Waals surface area (Å²) >= 11 is 0. The fourth-order valence-electron chi connectivity index (χ4n) is 1.35. The third-order valence-electron chi connectivity index (χ3n) is 2.71. The van der Waals surface area contributed by atoms with Crippen LogP contribution in [0.15, 0.2) is 24.3 Å². The van der Waals surface area contributed by atoms with Gasteiger partial charge in [0, 0.05) is 0 Å². The Morgan fingerprint density at radius 2 is 2.05 bits per heavy atom. The lowest BCUT2D eigenvalue weighted by Gasteiger charge is -2.26. The highest BCUT2D eigenvalue weighted by Gasteiger charge is 2.53. The minimum atomic E-state index is -4.80. The van der Waals surface area contributed by atoms with E-state index in [1.807, 2.05) is 13.0 Å². The molecule has 1 aromatic carbocycles. The molecule has 0 bridgehead atoms. The molecule has 3 N–H and O–H groups in total. The number of hydrogen-bond acceptors (Lipinski definition) is 3. The third-order valence-corrected chi connectivity index (χ3v) is 2.71. The van der Waals surface area contributed by atoms with Crippen molar-refractivity contribution in [1.29, 1.82) is 0 Å². The van der Waals surface area contributed by atoms with Crippen molar-refractivity contribution in [2.45, 2.75) is 25.6 Å². The average Bonchev–Trinajstić information content (AvgIpc) is 2.33. The normalized spacial score (nSPS) is 14.5. The van der Waals surface area contributed by atoms with Gasteiger partial charge < -0.3 is 15.8 Å². The minimum Gasteiger partial charge on any atom is -0.492 e. The number of carbonyl (C=O) groups is 1. The number of nitrogens with two attached hydrogens (primary N) is 1. The second-order valence-electron chi connectivity index (χ2n) is 4.62. The smallest absolute Gasteiger partial charge is 0.415 e. The lowest BCUT2D eigenvalue weighted by molar-refractivity contribution is -0.187. The van der Waals surface area contributed by atoms with Gasteiger partial charge in [0.25, 0.3) is 0 Å². The lowest BCUT2D eigenvalue weighted by atomic mass is 10.0. The zero-order chi connectivity index (χ0) is 15.4. The number of carbonyl (C=O) groups excluding carboxylic acids is 1. The van der Waals surface area contributed by atoms with E-state index in [1.54, 1.807) is 18.2 Å². The maximum Gasteiger partial charge on any atom is 0.415 e. The Hall–Kier alpha value is -1.76. The molecule has 0 saturated carbocycles. The molecule has 0 saturated heterocycles. The van der Waals surface area contributed by atoms with Gasteiger partial charge in [-0.3, -0.25) is 4.79 Å². The van der Waals surface area contributed by atoms with Crippen molar-refractivity contribution in [3.63, 3.8) is 0 Å². The van der Waals surface area contributed by atoms with Crippen LogP contribution in [0.4, 0.5) is 13.2 Å². The number of halogens is 3. The molecular formula is C13H17F3N2O2. The van der Waals surface area contributed by atoms with Gasteiger partial charge in [-0.05, 0) is 31.5 Å². The summed E-state index contributed by atoms with van der Waals surface area (Å²) in [5, 5.41) is 2.11. The summed E-state index contributed by atoms with van der Waals surface area (Å²) in [6.45, 7) is 2.51. The highest BCUT2D eigenvalue weighted by molar-refractivity contribution is 5.86. The van der Waals surface area contributed by atoms with Crippen LogP contribution < -0.4 is 15.8 Å². The van der Waals surface area contributed by atoms with E-state index in [0.29, 0.717) is 12.7 Å². The molecule has 1 amide bonds. The van der Waals surface area contributed by atoms with E-state index in [2.05, 4.69) is 5.32 Å². The largest absolute Gasteiger partial charge is 0.492 e. The van der Waals surface area contributed by atoms with Gasteiger partial charge in [0.15, 0.2) is 5.54 Å². The number of rotatable bonds is 5. The SMILES string of the molecule is Cc1cccc(OCCNC(=O)C(C)(N)C(F)(F)F)c1. The first-order valence-electron chi connectivity index (χ1n) is 5.98. The molecular weight excluding hydrogens is 273 g/mol. The number of nitrogens with one attached hydrogen (secondary N) is 1. The van der Waals surface area contributed by atoms with Gasteiger partial charge >= 0.3 is 6.18 Å². The molecule has 7 heteroatoms. The summed E-state index contributed by atoms with van der Waals surface area (Å²) in [5.41, 5.74) is 3.06. The van der Waals surface area contributed by atoms with E-state index < -0.39 is 17.6 Å². The van der Waals surface area contributed by atoms with E-state index in [-0.39, 0.29) is 13.2 Å². The number of hydrogen-bond donors (Lipinski definition) is 2. The third kappa shape index (κ3) is 4.12. The summed E-state index contributed by atoms with van der Waals surface area (Å²) in [5.74, 6) is -0.691. The first kappa shape index (κ1) is 16.3. The number of alkyl halides is 3. The van der Waals surface area contributed by atoms with Crippen LogP contribution in [0, 0.1) is 6.92 Å². The summed E-state index contributed by atoms with van der Waals surface area (Å²) in [6, 6.07) is 7.18. The van der Waals surface area contributed by atoms with Crippen LogP contribution >= 0.6 is 0 Å². The Labute approximate surface area is 115 Å². The van der Waals surface area contributed by atoms with Crippen LogP contribution in [0.1, 0.15) is 12.5 Å². The molecule has 0 aliphatic carbocycles. The Kier molecular flexibility index (Phi) is 4.99. The monoisotopic (exact) mass is 290 g/mol. The van der Waals surface area contributed by atoms with Crippen LogP contribution in [-0.2, 0) is 4.79 Å². The first-order valence-corrected chi connectivity index (χ1v) is 5.98. The van der Waals surface area contributed by atoms with Crippen LogP contribution in [0.2, 0.25) is 0 Å². The molecule has 1 unspecified atom stereocenters. The Bertz CT molecular complexity index is 473. The van der Waals surface area contributed by atoms with E-state index in [0.717, 1.165) is 5.56 Å². The molecule has 0 heterocycles. The van der Waals surface area contributed by atoms with Gasteiger partial charge in [0.2, 0.25) is 5.91 Å². The summed E-state index contributed by atoms with van der Waals surface area (Å²) in [6.07, 6.45) is -4.80. The van der Waals surface area contributed by atoms with Crippen molar-refractivity contribution in [3.8, 4) is 5.75 Å². The summed E-state index contributed by atoms with van der Waals surface area (Å²) in [7, 11) is 0. The quantitative estimate of drug-likeness (QED) is 0.812. The Balaban J connectivity index is 2.40. The second kappa shape index (κ2) is 6.13. The molecule has 0 radical (unpaired) electrons. The molecule has 0 spiro atoms. The molecule has 4 nitrogen and oxygen atoms in total. The zero-order valence-corrected chi connectivity index (χ0v) is 11.3. The number of benzene rings is 1. The van der Waals surface area contributed by atoms with Gasteiger partial charge in [0.05, 0.1) is 6.54 Å². The molecule has 1 atom stereocenters. The fraction of sp³-hybridized carbons (Fsp3) is 0.462. The fourth-order valence-corrected chi connectivity index (χ4v) is 1.35. The van der Waals surface area contributed by atoms with Crippen molar-refractivity contribution in [2.75, 3.05) is 13.2 Å². The zero-order valence-electron chi connectivity index (χ0n) is 11.3. The molecule has 0 fully saturated rings.